The van der Waals surface area contributed by atoms with Crippen LogP contribution >= 0.6 is 0 Å². The topological polar surface area (TPSA) is 52.0 Å². The van der Waals surface area contributed by atoms with Crippen molar-refractivity contribution in [2.45, 2.75) is 27.7 Å². The number of hydrogen-bond acceptors (Lipinski definition) is 2. The summed E-state index contributed by atoms with van der Waals surface area (Å²) in [4.78, 5) is 0. The van der Waals surface area contributed by atoms with Crippen molar-refractivity contribution in [2.75, 3.05) is 11.5 Å². The summed E-state index contributed by atoms with van der Waals surface area (Å²) < 4.78 is 0. The van der Waals surface area contributed by atoms with Crippen molar-refractivity contribution in [3.63, 3.8) is 0 Å². The Labute approximate surface area is 120 Å². The molecule has 20 heavy (non-hydrogen) atoms. The van der Waals surface area contributed by atoms with Gasteiger partial charge in [0, 0.05) is 22.5 Å². The zero-order valence-corrected chi connectivity index (χ0v) is 12.5. The molecule has 0 aliphatic heterocycles. The van der Waals surface area contributed by atoms with Gasteiger partial charge in [-0.25, -0.2) is 0 Å². The molecule has 102 valence electrons. The van der Waals surface area contributed by atoms with Gasteiger partial charge in [-0.05, 0) is 74.2 Å². The van der Waals surface area contributed by atoms with Crippen molar-refractivity contribution < 1.29 is 0 Å². The summed E-state index contributed by atoms with van der Waals surface area (Å²) in [5.74, 6) is 6.39. The Morgan fingerprint density at radius 2 is 0.850 bits per heavy atom. The van der Waals surface area contributed by atoms with Crippen LogP contribution in [0.5, 0.6) is 0 Å². The molecule has 0 aliphatic rings. The van der Waals surface area contributed by atoms with E-state index in [1.54, 1.807) is 0 Å². The summed E-state index contributed by atoms with van der Waals surface area (Å²) >= 11 is 0. The highest BCUT2D eigenvalue weighted by atomic mass is 14.6. The molecule has 2 aromatic carbocycles. The predicted octanol–water partition coefficient (Wildman–Crippen LogP) is 3.48. The molecule has 0 saturated heterocycles. The lowest BCUT2D eigenvalue weighted by molar-refractivity contribution is 1.37. The van der Waals surface area contributed by atoms with Crippen LogP contribution in [0.2, 0.25) is 0 Å². The van der Waals surface area contributed by atoms with Crippen molar-refractivity contribution in [1.29, 1.82) is 0 Å². The fourth-order valence-electron chi connectivity index (χ4n) is 2.24. The lowest BCUT2D eigenvalue weighted by atomic mass is 10.0. The largest absolute Gasteiger partial charge is 0.398 e. The molecule has 0 bridgehead atoms. The molecular formula is C18H20N2. The Kier molecular flexibility index (Phi) is 3.72. The third-order valence-electron chi connectivity index (χ3n) is 3.54. The minimum Gasteiger partial charge on any atom is -0.398 e. The molecule has 0 heterocycles. The van der Waals surface area contributed by atoms with Crippen LogP contribution in [0.1, 0.15) is 33.4 Å². The van der Waals surface area contributed by atoms with Crippen LogP contribution < -0.4 is 11.5 Å². The van der Waals surface area contributed by atoms with Crippen LogP contribution in [0, 0.1) is 39.5 Å². The van der Waals surface area contributed by atoms with E-state index in [0.29, 0.717) is 0 Å². The van der Waals surface area contributed by atoms with Crippen LogP contribution in [0.4, 0.5) is 11.4 Å². The second kappa shape index (κ2) is 5.30. The van der Waals surface area contributed by atoms with Crippen LogP contribution in [-0.4, -0.2) is 0 Å². The lowest BCUT2D eigenvalue weighted by Crippen LogP contribution is -1.95. The summed E-state index contributed by atoms with van der Waals surface area (Å²) in [5, 5.41) is 0. The van der Waals surface area contributed by atoms with Gasteiger partial charge in [0.1, 0.15) is 0 Å². The molecule has 2 aromatic rings. The van der Waals surface area contributed by atoms with Gasteiger partial charge in [0.15, 0.2) is 0 Å². The van der Waals surface area contributed by atoms with Gasteiger partial charge in [-0.1, -0.05) is 11.8 Å². The van der Waals surface area contributed by atoms with Crippen molar-refractivity contribution in [3.8, 4) is 11.8 Å². The minimum absolute atomic E-state index is 0.842. The van der Waals surface area contributed by atoms with Crippen LogP contribution in [0.25, 0.3) is 0 Å². The van der Waals surface area contributed by atoms with Crippen LogP contribution in [0.3, 0.4) is 0 Å². The van der Waals surface area contributed by atoms with Gasteiger partial charge in [0.05, 0.1) is 0 Å². The molecule has 0 spiro atoms. The number of nitrogens with two attached hydrogens (primary N) is 2. The van der Waals surface area contributed by atoms with E-state index in [9.17, 15) is 0 Å². The molecule has 0 amide bonds. The molecule has 0 atom stereocenters. The van der Waals surface area contributed by atoms with E-state index in [4.69, 9.17) is 11.5 Å². The zero-order valence-electron chi connectivity index (χ0n) is 12.5. The molecule has 0 aliphatic carbocycles. The number of hydrogen-bond donors (Lipinski definition) is 2. The third kappa shape index (κ3) is 2.78. The number of benzene rings is 2. The fourth-order valence-corrected chi connectivity index (χ4v) is 2.24. The SMILES string of the molecule is Cc1cc(C#Cc2cc(C)c(N)c(C)c2)cc(C)c1N. The third-order valence-corrected chi connectivity index (χ3v) is 3.54. The highest BCUT2D eigenvalue weighted by Gasteiger charge is 2.01. The average molecular weight is 264 g/mol. The Hall–Kier alpha value is -2.40. The highest BCUT2D eigenvalue weighted by molar-refractivity contribution is 5.60. The molecule has 0 radical (unpaired) electrons. The first-order valence-electron chi connectivity index (χ1n) is 6.64. The van der Waals surface area contributed by atoms with Gasteiger partial charge < -0.3 is 11.5 Å². The summed E-state index contributed by atoms with van der Waals surface area (Å²) in [7, 11) is 0. The quantitative estimate of drug-likeness (QED) is 0.565. The van der Waals surface area contributed by atoms with E-state index in [2.05, 4.69) is 11.8 Å². The normalized spacial score (nSPS) is 10.0. The van der Waals surface area contributed by atoms with Crippen molar-refractivity contribution in [1.82, 2.24) is 0 Å². The molecule has 2 rings (SSSR count). The summed E-state index contributed by atoms with van der Waals surface area (Å²) in [6, 6.07) is 8.08. The number of nitrogen functional groups attached to an aromatic ring is 2. The Morgan fingerprint density at radius 3 is 1.10 bits per heavy atom. The summed E-state index contributed by atoms with van der Waals surface area (Å²) in [5.41, 5.74) is 19.8. The standard InChI is InChI=1S/C18H20N2/c1-11-7-15(8-12(2)17(11)19)5-6-16-9-13(3)18(20)14(4)10-16/h7-10H,19-20H2,1-4H3. The second-order valence-electron chi connectivity index (χ2n) is 5.30. The average Bonchev–Trinajstić information content (AvgIpc) is 2.39. The number of aryl methyl sites for hydroxylation is 4. The van der Waals surface area contributed by atoms with Gasteiger partial charge in [-0.15, -0.1) is 0 Å². The van der Waals surface area contributed by atoms with Crippen molar-refractivity contribution in [3.05, 3.63) is 57.6 Å². The first kappa shape index (κ1) is 14.0. The van der Waals surface area contributed by atoms with E-state index in [1.165, 1.54) is 0 Å². The van der Waals surface area contributed by atoms with E-state index in [-0.39, 0.29) is 0 Å². The Balaban J connectivity index is 2.41. The van der Waals surface area contributed by atoms with Crippen molar-refractivity contribution in [2.24, 2.45) is 0 Å². The summed E-state index contributed by atoms with van der Waals surface area (Å²) in [6.07, 6.45) is 0. The minimum atomic E-state index is 0.842. The predicted molar refractivity (Wildman–Crippen MR) is 86.6 cm³/mol. The fraction of sp³-hybridized carbons (Fsp3) is 0.222. The number of rotatable bonds is 0. The second-order valence-corrected chi connectivity index (χ2v) is 5.30. The zero-order chi connectivity index (χ0) is 14.9. The Morgan fingerprint density at radius 1 is 0.600 bits per heavy atom. The first-order chi connectivity index (χ1) is 9.38. The maximum Gasteiger partial charge on any atom is 0.0374 e. The molecule has 0 unspecified atom stereocenters. The van der Waals surface area contributed by atoms with Gasteiger partial charge in [0.2, 0.25) is 0 Å². The Bertz CT molecular complexity index is 623. The van der Waals surface area contributed by atoms with Gasteiger partial charge in [-0.3, -0.25) is 0 Å². The maximum atomic E-state index is 5.95. The lowest BCUT2D eigenvalue weighted by Gasteiger charge is -2.05. The first-order valence-corrected chi connectivity index (χ1v) is 6.64. The van der Waals surface area contributed by atoms with E-state index in [0.717, 1.165) is 44.8 Å². The van der Waals surface area contributed by atoms with Gasteiger partial charge in [0.25, 0.3) is 0 Å². The van der Waals surface area contributed by atoms with E-state index >= 15 is 0 Å². The highest BCUT2D eigenvalue weighted by Crippen LogP contribution is 2.19. The van der Waals surface area contributed by atoms with Crippen LogP contribution in [0.15, 0.2) is 24.3 Å². The molecule has 2 heteroatoms. The molecule has 0 aromatic heterocycles. The monoisotopic (exact) mass is 264 g/mol. The molecule has 4 N–H and O–H groups in total. The van der Waals surface area contributed by atoms with E-state index in [1.807, 2.05) is 52.0 Å². The molecular weight excluding hydrogens is 244 g/mol. The van der Waals surface area contributed by atoms with Crippen molar-refractivity contribution >= 4 is 11.4 Å². The maximum absolute atomic E-state index is 5.95. The number of anilines is 2. The molecule has 0 fully saturated rings. The molecule has 2 nitrogen and oxygen atoms in total. The van der Waals surface area contributed by atoms with Gasteiger partial charge in [-0.2, -0.15) is 0 Å². The van der Waals surface area contributed by atoms with Gasteiger partial charge >= 0.3 is 0 Å². The van der Waals surface area contributed by atoms with E-state index < -0.39 is 0 Å². The smallest absolute Gasteiger partial charge is 0.0374 e. The van der Waals surface area contributed by atoms with Crippen LogP contribution in [-0.2, 0) is 0 Å². The summed E-state index contributed by atoms with van der Waals surface area (Å²) in [6.45, 7) is 8.02. The molecule has 0 saturated carbocycles.